The number of hydrogen-bond acceptors (Lipinski definition) is 3. The van der Waals surface area contributed by atoms with Crippen molar-refractivity contribution in [3.05, 3.63) is 87.1 Å². The van der Waals surface area contributed by atoms with Crippen molar-refractivity contribution < 1.29 is 8.78 Å². The normalized spacial score (nSPS) is 11.1. The van der Waals surface area contributed by atoms with Crippen molar-refractivity contribution in [1.29, 1.82) is 0 Å². The standard InChI is InChI=1S/C21H15F2N3O2/c1-25-19-18(20(27)26(2)21(25)28)15(14-9-8-13(22)10-16(14)23)11-17(24-19)12-6-4-3-5-7-12/h3-11H,1-2H3. The van der Waals surface area contributed by atoms with Crippen LogP contribution >= 0.6 is 0 Å². The van der Waals surface area contributed by atoms with E-state index in [1.807, 2.05) is 30.3 Å². The quantitative estimate of drug-likeness (QED) is 0.537. The zero-order chi connectivity index (χ0) is 20.0. The van der Waals surface area contributed by atoms with Crippen LogP contribution in [0.25, 0.3) is 33.4 Å². The number of halogens is 2. The van der Waals surface area contributed by atoms with Crippen molar-refractivity contribution in [2.75, 3.05) is 0 Å². The third-order valence-electron chi connectivity index (χ3n) is 4.70. The van der Waals surface area contributed by atoms with Crippen LogP contribution in [0.5, 0.6) is 0 Å². The van der Waals surface area contributed by atoms with Crippen molar-refractivity contribution in [2.24, 2.45) is 14.1 Å². The third kappa shape index (κ3) is 2.72. The molecule has 0 spiro atoms. The summed E-state index contributed by atoms with van der Waals surface area (Å²) in [6.07, 6.45) is 0. The van der Waals surface area contributed by atoms with E-state index in [1.165, 1.54) is 24.7 Å². The molecule has 4 aromatic rings. The number of aromatic nitrogens is 3. The molecule has 0 fully saturated rings. The Morgan fingerprint density at radius 2 is 1.57 bits per heavy atom. The molecule has 0 saturated heterocycles. The monoisotopic (exact) mass is 379 g/mol. The fourth-order valence-corrected chi connectivity index (χ4v) is 3.23. The third-order valence-corrected chi connectivity index (χ3v) is 4.70. The van der Waals surface area contributed by atoms with E-state index in [0.717, 1.165) is 22.3 Å². The van der Waals surface area contributed by atoms with Crippen LogP contribution in [-0.2, 0) is 14.1 Å². The van der Waals surface area contributed by atoms with Gasteiger partial charge in [0.15, 0.2) is 5.65 Å². The van der Waals surface area contributed by atoms with E-state index < -0.39 is 22.9 Å². The lowest BCUT2D eigenvalue weighted by Gasteiger charge is -2.14. The molecule has 0 aliphatic heterocycles. The zero-order valence-corrected chi connectivity index (χ0v) is 15.1. The predicted octanol–water partition coefficient (Wildman–Crippen LogP) is 3.24. The van der Waals surface area contributed by atoms with E-state index in [-0.39, 0.29) is 22.2 Å². The summed E-state index contributed by atoms with van der Waals surface area (Å²) in [5.41, 5.74) is 0.508. The van der Waals surface area contributed by atoms with Crippen LogP contribution in [0.4, 0.5) is 8.78 Å². The summed E-state index contributed by atoms with van der Waals surface area (Å²) in [6, 6.07) is 13.9. The van der Waals surface area contributed by atoms with Crippen LogP contribution in [0.15, 0.2) is 64.2 Å². The van der Waals surface area contributed by atoms with E-state index in [9.17, 15) is 18.4 Å². The van der Waals surface area contributed by atoms with Gasteiger partial charge in [-0.15, -0.1) is 0 Å². The van der Waals surface area contributed by atoms with Gasteiger partial charge in [0.25, 0.3) is 5.56 Å². The number of benzene rings is 2. The predicted molar refractivity (Wildman–Crippen MR) is 103 cm³/mol. The van der Waals surface area contributed by atoms with Gasteiger partial charge >= 0.3 is 5.69 Å². The second kappa shape index (κ2) is 6.53. The summed E-state index contributed by atoms with van der Waals surface area (Å²) in [5, 5.41) is 0.0924. The molecule has 0 saturated carbocycles. The molecule has 0 aliphatic carbocycles. The molecule has 0 amide bonds. The van der Waals surface area contributed by atoms with Crippen molar-refractivity contribution in [3.63, 3.8) is 0 Å². The lowest BCUT2D eigenvalue weighted by atomic mass is 9.99. The summed E-state index contributed by atoms with van der Waals surface area (Å²) in [7, 11) is 2.84. The van der Waals surface area contributed by atoms with Gasteiger partial charge in [0.05, 0.1) is 11.1 Å². The van der Waals surface area contributed by atoms with E-state index >= 15 is 0 Å². The maximum atomic E-state index is 14.6. The number of nitrogens with zero attached hydrogens (tertiary/aromatic N) is 3. The number of aryl methyl sites for hydroxylation is 1. The first-order valence-electron chi connectivity index (χ1n) is 8.50. The highest BCUT2D eigenvalue weighted by molar-refractivity contribution is 5.94. The van der Waals surface area contributed by atoms with Crippen molar-refractivity contribution in [1.82, 2.24) is 14.1 Å². The summed E-state index contributed by atoms with van der Waals surface area (Å²) < 4.78 is 30.2. The minimum absolute atomic E-state index is 0.0572. The average molecular weight is 379 g/mol. The van der Waals surface area contributed by atoms with Gasteiger partial charge in [-0.3, -0.25) is 13.9 Å². The number of pyridine rings is 1. The lowest BCUT2D eigenvalue weighted by Crippen LogP contribution is -2.37. The number of fused-ring (bicyclic) bond motifs is 1. The fourth-order valence-electron chi connectivity index (χ4n) is 3.23. The first-order valence-corrected chi connectivity index (χ1v) is 8.50. The molecule has 2 heterocycles. The molecule has 0 aliphatic rings. The first kappa shape index (κ1) is 17.8. The van der Waals surface area contributed by atoms with Crippen molar-refractivity contribution >= 4 is 11.0 Å². The second-order valence-electron chi connectivity index (χ2n) is 6.45. The van der Waals surface area contributed by atoms with Crippen LogP contribution < -0.4 is 11.2 Å². The molecular formula is C21H15F2N3O2. The van der Waals surface area contributed by atoms with E-state index in [1.54, 1.807) is 6.07 Å². The number of hydrogen-bond donors (Lipinski definition) is 0. The van der Waals surface area contributed by atoms with Gasteiger partial charge < -0.3 is 0 Å². The maximum absolute atomic E-state index is 14.6. The van der Waals surface area contributed by atoms with Gasteiger partial charge in [0.2, 0.25) is 0 Å². The molecule has 140 valence electrons. The Hall–Kier alpha value is -3.61. The SMILES string of the molecule is Cn1c(=O)c2c(-c3ccc(F)cc3F)cc(-c3ccccc3)nc2n(C)c1=O. The molecule has 28 heavy (non-hydrogen) atoms. The summed E-state index contributed by atoms with van der Waals surface area (Å²) in [6.45, 7) is 0. The van der Waals surface area contributed by atoms with Crippen molar-refractivity contribution in [3.8, 4) is 22.4 Å². The summed E-state index contributed by atoms with van der Waals surface area (Å²) in [5.74, 6) is -1.52. The van der Waals surface area contributed by atoms with E-state index in [0.29, 0.717) is 5.69 Å². The van der Waals surface area contributed by atoms with E-state index in [4.69, 9.17) is 0 Å². The molecule has 7 heteroatoms. The fraction of sp³-hybridized carbons (Fsp3) is 0.0952. The van der Waals surface area contributed by atoms with Crippen LogP contribution in [0.1, 0.15) is 0 Å². The Morgan fingerprint density at radius 1 is 0.857 bits per heavy atom. The molecule has 0 bridgehead atoms. The molecule has 0 atom stereocenters. The van der Waals surface area contributed by atoms with Crippen molar-refractivity contribution in [2.45, 2.75) is 0 Å². The molecule has 5 nitrogen and oxygen atoms in total. The molecule has 0 radical (unpaired) electrons. The van der Waals surface area contributed by atoms with Gasteiger partial charge in [-0.25, -0.2) is 18.6 Å². The Bertz CT molecular complexity index is 1340. The van der Waals surface area contributed by atoms with Gasteiger partial charge in [0, 0.05) is 36.9 Å². The largest absolute Gasteiger partial charge is 0.332 e. The van der Waals surface area contributed by atoms with Crippen LogP contribution in [0, 0.1) is 11.6 Å². The topological polar surface area (TPSA) is 56.9 Å². The number of rotatable bonds is 2. The highest BCUT2D eigenvalue weighted by Gasteiger charge is 2.19. The maximum Gasteiger partial charge on any atom is 0.332 e. The molecule has 2 aromatic heterocycles. The summed E-state index contributed by atoms with van der Waals surface area (Å²) in [4.78, 5) is 29.7. The van der Waals surface area contributed by atoms with Crippen LogP contribution in [0.3, 0.4) is 0 Å². The Labute approximate surface area is 158 Å². The molecule has 0 unspecified atom stereocenters. The molecular weight excluding hydrogens is 364 g/mol. The summed E-state index contributed by atoms with van der Waals surface area (Å²) >= 11 is 0. The smallest absolute Gasteiger partial charge is 0.280 e. The minimum Gasteiger partial charge on any atom is -0.280 e. The van der Waals surface area contributed by atoms with Gasteiger partial charge in [-0.2, -0.15) is 0 Å². The molecule has 2 aromatic carbocycles. The molecule has 4 rings (SSSR count). The highest BCUT2D eigenvalue weighted by Crippen LogP contribution is 2.31. The second-order valence-corrected chi connectivity index (χ2v) is 6.45. The van der Waals surface area contributed by atoms with Crippen LogP contribution in [-0.4, -0.2) is 14.1 Å². The van der Waals surface area contributed by atoms with Gasteiger partial charge in [0.1, 0.15) is 11.6 Å². The van der Waals surface area contributed by atoms with E-state index in [2.05, 4.69) is 4.98 Å². The lowest BCUT2D eigenvalue weighted by molar-refractivity contribution is 0.585. The Kier molecular flexibility index (Phi) is 4.15. The average Bonchev–Trinajstić information content (AvgIpc) is 2.70. The van der Waals surface area contributed by atoms with Crippen LogP contribution in [0.2, 0.25) is 0 Å². The minimum atomic E-state index is -0.803. The highest BCUT2D eigenvalue weighted by atomic mass is 19.1. The zero-order valence-electron chi connectivity index (χ0n) is 15.1. The molecule has 0 N–H and O–H groups in total. The Morgan fingerprint density at radius 3 is 2.25 bits per heavy atom. The Balaban J connectivity index is 2.21. The van der Waals surface area contributed by atoms with Gasteiger partial charge in [-0.1, -0.05) is 30.3 Å². The first-order chi connectivity index (χ1) is 13.4. The van der Waals surface area contributed by atoms with Gasteiger partial charge in [-0.05, 0) is 18.2 Å².